The summed E-state index contributed by atoms with van der Waals surface area (Å²) in [6.07, 6.45) is -0.0663. The second-order valence-corrected chi connectivity index (χ2v) is 12.0. The SMILES string of the molecule is O=C(O)C(Cc1ccc(O)cc1)Nc1nc(Nc2ccc(S(=O)(=O)O)c3ccc(N=Nc4cccc(NS(=O)O)c4)c(O)c23)[nH]c(=O)n1. The molecule has 18 nitrogen and oxygen atoms in total. The Balaban J connectivity index is 1.51. The zero-order valence-electron chi connectivity index (χ0n) is 24.1. The van der Waals surface area contributed by atoms with Gasteiger partial charge in [-0.15, -0.1) is 5.11 Å². The lowest BCUT2D eigenvalue weighted by atomic mass is 10.1. The van der Waals surface area contributed by atoms with Crippen molar-refractivity contribution in [2.45, 2.75) is 17.4 Å². The van der Waals surface area contributed by atoms with Gasteiger partial charge in [0.1, 0.15) is 22.4 Å². The van der Waals surface area contributed by atoms with Gasteiger partial charge in [0.15, 0.2) is 5.75 Å². The van der Waals surface area contributed by atoms with Gasteiger partial charge in [-0.05, 0) is 54.1 Å². The predicted molar refractivity (Wildman–Crippen MR) is 173 cm³/mol. The van der Waals surface area contributed by atoms with Crippen LogP contribution in [0.2, 0.25) is 0 Å². The molecule has 0 aliphatic rings. The van der Waals surface area contributed by atoms with Crippen molar-refractivity contribution in [3.63, 3.8) is 0 Å². The number of phenolic OH excluding ortho intramolecular Hbond substituents is 2. The van der Waals surface area contributed by atoms with E-state index in [0.717, 1.165) is 6.07 Å². The van der Waals surface area contributed by atoms with Gasteiger partial charge in [0.25, 0.3) is 21.4 Å². The van der Waals surface area contributed by atoms with Gasteiger partial charge in [-0.2, -0.15) is 23.5 Å². The highest BCUT2D eigenvalue weighted by molar-refractivity contribution is 7.86. The number of carboxylic acid groups (broad SMARTS) is 1. The van der Waals surface area contributed by atoms with E-state index in [1.807, 2.05) is 0 Å². The molecule has 4 aromatic carbocycles. The molecule has 0 radical (unpaired) electrons. The standard InChI is InChI=1S/C28H24N8O10S2/c37-17-6-4-14(5-7-17)12-21(25(39)40)30-27-31-26(32-28(41)33-27)29-19-10-11-22(48(44,45)46)18-8-9-20(24(38)23(18)19)35-34-15-2-1-3-16(13-15)36-47(42)43/h1-11,13,21,36-38H,12H2,(H,39,40)(H,42,43)(H,44,45,46)(H3,29,30,31,32,33,41). The summed E-state index contributed by atoms with van der Waals surface area (Å²) in [6.45, 7) is 0. The van der Waals surface area contributed by atoms with Gasteiger partial charge in [0, 0.05) is 11.8 Å². The molecule has 248 valence electrons. The molecule has 0 amide bonds. The number of fused-ring (bicyclic) bond motifs is 1. The van der Waals surface area contributed by atoms with E-state index >= 15 is 0 Å². The fourth-order valence-corrected chi connectivity index (χ4v) is 5.52. The zero-order chi connectivity index (χ0) is 34.6. The minimum Gasteiger partial charge on any atom is -0.508 e. The van der Waals surface area contributed by atoms with Gasteiger partial charge in [0.2, 0.25) is 11.9 Å². The summed E-state index contributed by atoms with van der Waals surface area (Å²) in [4.78, 5) is 33.9. The number of carboxylic acids is 1. The maximum absolute atomic E-state index is 12.4. The molecule has 0 aliphatic carbocycles. The number of benzene rings is 4. The summed E-state index contributed by atoms with van der Waals surface area (Å²) in [5, 5.41) is 43.5. The van der Waals surface area contributed by atoms with Crippen LogP contribution in [0, 0.1) is 0 Å². The second-order valence-electron chi connectivity index (χ2n) is 9.90. The molecule has 0 bridgehead atoms. The van der Waals surface area contributed by atoms with Crippen molar-refractivity contribution in [2.24, 2.45) is 10.2 Å². The summed E-state index contributed by atoms with van der Waals surface area (Å²) < 4.78 is 56.5. The van der Waals surface area contributed by atoms with Gasteiger partial charge >= 0.3 is 11.7 Å². The molecule has 0 saturated heterocycles. The number of nitrogens with one attached hydrogen (secondary N) is 4. The molecule has 9 N–H and O–H groups in total. The number of H-pyrrole nitrogens is 1. The third-order valence-electron chi connectivity index (χ3n) is 6.58. The number of aromatic hydroxyl groups is 2. The van der Waals surface area contributed by atoms with Crippen LogP contribution in [0.5, 0.6) is 11.5 Å². The number of azo groups is 1. The van der Waals surface area contributed by atoms with Crippen molar-refractivity contribution in [3.8, 4) is 11.5 Å². The normalized spacial score (nSPS) is 12.9. The number of phenols is 2. The number of anilines is 4. The van der Waals surface area contributed by atoms with E-state index in [-0.39, 0.29) is 57.6 Å². The van der Waals surface area contributed by atoms with Crippen LogP contribution in [0.3, 0.4) is 0 Å². The molecule has 48 heavy (non-hydrogen) atoms. The van der Waals surface area contributed by atoms with Crippen molar-refractivity contribution in [1.82, 2.24) is 15.0 Å². The van der Waals surface area contributed by atoms with Crippen LogP contribution in [-0.4, -0.2) is 64.0 Å². The first-order valence-electron chi connectivity index (χ1n) is 13.4. The lowest BCUT2D eigenvalue weighted by Gasteiger charge is -2.16. The van der Waals surface area contributed by atoms with E-state index in [9.17, 15) is 42.1 Å². The quantitative estimate of drug-likeness (QED) is 0.0510. The number of hydrogen-bond acceptors (Lipinski definition) is 13. The Morgan fingerprint density at radius 2 is 1.75 bits per heavy atom. The highest BCUT2D eigenvalue weighted by Crippen LogP contribution is 2.42. The lowest BCUT2D eigenvalue weighted by molar-refractivity contribution is -0.137. The summed E-state index contributed by atoms with van der Waals surface area (Å²) in [5.74, 6) is -2.56. The number of rotatable bonds is 12. The summed E-state index contributed by atoms with van der Waals surface area (Å²) in [5.41, 5.74) is -0.0959. The van der Waals surface area contributed by atoms with Crippen molar-refractivity contribution in [3.05, 3.63) is 88.8 Å². The first-order valence-corrected chi connectivity index (χ1v) is 16.0. The third-order valence-corrected chi connectivity index (χ3v) is 7.90. The Hall–Kier alpha value is -5.96. The molecule has 20 heteroatoms. The van der Waals surface area contributed by atoms with Gasteiger partial charge in [-0.1, -0.05) is 24.3 Å². The van der Waals surface area contributed by atoms with Crippen LogP contribution in [0.15, 0.2) is 92.7 Å². The average Bonchev–Trinajstić information content (AvgIpc) is 3.00. The van der Waals surface area contributed by atoms with Crippen molar-refractivity contribution in [1.29, 1.82) is 0 Å². The minimum absolute atomic E-state index is 0.00750. The summed E-state index contributed by atoms with van der Waals surface area (Å²) in [7, 11) is -4.79. The van der Waals surface area contributed by atoms with Crippen LogP contribution >= 0.6 is 0 Å². The van der Waals surface area contributed by atoms with Gasteiger partial charge in [-0.25, -0.2) is 13.8 Å². The molecule has 1 heterocycles. The molecule has 2 unspecified atom stereocenters. The average molecular weight is 697 g/mol. The van der Waals surface area contributed by atoms with Crippen LogP contribution in [-0.2, 0) is 32.6 Å². The van der Waals surface area contributed by atoms with E-state index in [0.29, 0.717) is 5.56 Å². The van der Waals surface area contributed by atoms with Gasteiger partial charge < -0.3 is 26.0 Å². The Bertz CT molecular complexity index is 2250. The van der Waals surface area contributed by atoms with E-state index in [2.05, 4.69) is 40.5 Å². The topological polar surface area (TPSA) is 289 Å². The molecule has 0 aliphatic heterocycles. The molecule has 1 aromatic heterocycles. The van der Waals surface area contributed by atoms with Crippen LogP contribution < -0.4 is 21.0 Å². The first kappa shape index (κ1) is 33.4. The molecular weight excluding hydrogens is 672 g/mol. The highest BCUT2D eigenvalue weighted by atomic mass is 32.2. The van der Waals surface area contributed by atoms with E-state index in [4.69, 9.17) is 4.55 Å². The smallest absolute Gasteiger partial charge is 0.351 e. The maximum Gasteiger partial charge on any atom is 0.351 e. The van der Waals surface area contributed by atoms with E-state index in [1.165, 1.54) is 66.7 Å². The van der Waals surface area contributed by atoms with Crippen molar-refractivity contribution in [2.75, 3.05) is 15.4 Å². The van der Waals surface area contributed by atoms with Crippen molar-refractivity contribution < 1.29 is 41.8 Å². The Morgan fingerprint density at radius 3 is 2.44 bits per heavy atom. The number of aromatic nitrogens is 3. The Labute approximate surface area is 272 Å². The summed E-state index contributed by atoms with van der Waals surface area (Å²) >= 11 is -2.34. The molecule has 5 aromatic rings. The fourth-order valence-electron chi connectivity index (χ4n) is 4.50. The summed E-state index contributed by atoms with van der Waals surface area (Å²) in [6, 6.07) is 15.2. The molecule has 2 atom stereocenters. The number of carbonyl (C=O) groups is 1. The van der Waals surface area contributed by atoms with E-state index in [1.54, 1.807) is 0 Å². The number of aromatic amines is 1. The monoisotopic (exact) mass is 696 g/mol. The molecular formula is C28H24N8O10S2. The first-order chi connectivity index (χ1) is 22.8. The Morgan fingerprint density at radius 1 is 1.00 bits per heavy atom. The second kappa shape index (κ2) is 13.8. The number of hydrogen-bond donors (Lipinski definition) is 9. The van der Waals surface area contributed by atoms with Crippen molar-refractivity contribution >= 4 is 72.8 Å². The predicted octanol–water partition coefficient (Wildman–Crippen LogP) is 3.79. The third kappa shape index (κ3) is 8.06. The van der Waals surface area contributed by atoms with Gasteiger partial charge in [0.05, 0.1) is 22.4 Å². The Kier molecular flexibility index (Phi) is 9.61. The van der Waals surface area contributed by atoms with Crippen LogP contribution in [0.1, 0.15) is 5.56 Å². The lowest BCUT2D eigenvalue weighted by Crippen LogP contribution is -2.33. The molecule has 0 fully saturated rings. The largest absolute Gasteiger partial charge is 0.508 e. The minimum atomic E-state index is -4.79. The van der Waals surface area contributed by atoms with Crippen LogP contribution in [0.25, 0.3) is 10.8 Å². The van der Waals surface area contributed by atoms with Gasteiger partial charge in [-0.3, -0.25) is 18.8 Å². The van der Waals surface area contributed by atoms with Crippen LogP contribution in [0.4, 0.5) is 34.6 Å². The molecule has 0 spiro atoms. The zero-order valence-corrected chi connectivity index (χ0v) is 25.7. The highest BCUT2D eigenvalue weighted by Gasteiger charge is 2.22. The fraction of sp³-hybridized carbons (Fsp3) is 0.0714. The number of aliphatic carboxylic acids is 1. The number of nitrogens with zero attached hydrogens (tertiary/aromatic N) is 4. The molecule has 5 rings (SSSR count). The molecule has 0 saturated carbocycles. The maximum atomic E-state index is 12.4. The van der Waals surface area contributed by atoms with E-state index < -0.39 is 49.7 Å².